The smallest absolute Gasteiger partial charge is 0.311 e. The van der Waals surface area contributed by atoms with Gasteiger partial charge in [-0.25, -0.2) is 0 Å². The number of carbonyl (C=O) groups excluding carboxylic acids is 3. The summed E-state index contributed by atoms with van der Waals surface area (Å²) < 4.78 is 5.03. The molecule has 112 valence electrons. The van der Waals surface area contributed by atoms with Crippen LogP contribution in [0.2, 0.25) is 0 Å². The van der Waals surface area contributed by atoms with Gasteiger partial charge in [0.25, 0.3) is 5.91 Å². The molecule has 1 amide bonds. The average molecular weight is 289 g/mol. The molecule has 0 saturated heterocycles. The Morgan fingerprint density at radius 2 is 2.00 bits per heavy atom. The molecule has 5 nitrogen and oxygen atoms in total. The number of hydrogen-bond donors (Lipinski definition) is 1. The second kappa shape index (κ2) is 7.02. The Morgan fingerprint density at radius 1 is 1.29 bits per heavy atom. The minimum Gasteiger partial charge on any atom is -0.466 e. The van der Waals surface area contributed by atoms with Crippen LogP contribution in [0.3, 0.4) is 0 Å². The maximum atomic E-state index is 12.2. The van der Waals surface area contributed by atoms with E-state index < -0.39 is 12.0 Å². The molecule has 1 N–H and O–H groups in total. The molecule has 0 spiro atoms. The van der Waals surface area contributed by atoms with Gasteiger partial charge < -0.3 is 10.1 Å². The topological polar surface area (TPSA) is 72.5 Å². The zero-order valence-electron chi connectivity index (χ0n) is 12.0. The molecule has 21 heavy (non-hydrogen) atoms. The Kier molecular flexibility index (Phi) is 5.09. The van der Waals surface area contributed by atoms with Crippen LogP contribution >= 0.6 is 0 Å². The molecule has 1 aromatic rings. The van der Waals surface area contributed by atoms with E-state index in [0.717, 1.165) is 0 Å². The zero-order chi connectivity index (χ0) is 15.2. The molecule has 5 heteroatoms. The molecule has 1 aliphatic rings. The van der Waals surface area contributed by atoms with Gasteiger partial charge in [0.15, 0.2) is 0 Å². The minimum absolute atomic E-state index is 0.0638. The van der Waals surface area contributed by atoms with Gasteiger partial charge in [-0.1, -0.05) is 18.2 Å². The number of amides is 1. The van der Waals surface area contributed by atoms with Crippen LogP contribution in [-0.4, -0.2) is 30.3 Å². The number of rotatable bonds is 4. The number of ketones is 1. The fourth-order valence-electron chi connectivity index (χ4n) is 2.53. The van der Waals surface area contributed by atoms with Gasteiger partial charge in [-0.2, -0.15) is 0 Å². The van der Waals surface area contributed by atoms with Crippen LogP contribution in [0.1, 0.15) is 36.5 Å². The summed E-state index contributed by atoms with van der Waals surface area (Å²) in [6, 6.07) is 8.26. The zero-order valence-corrected chi connectivity index (χ0v) is 12.0. The van der Waals surface area contributed by atoms with Crippen molar-refractivity contribution in [2.75, 3.05) is 6.61 Å². The first-order chi connectivity index (χ1) is 10.1. The summed E-state index contributed by atoms with van der Waals surface area (Å²) >= 11 is 0. The summed E-state index contributed by atoms with van der Waals surface area (Å²) in [4.78, 5) is 35.7. The first kappa shape index (κ1) is 15.2. The first-order valence-electron chi connectivity index (χ1n) is 7.16. The lowest BCUT2D eigenvalue weighted by Gasteiger charge is -2.29. The van der Waals surface area contributed by atoms with E-state index in [4.69, 9.17) is 4.74 Å². The predicted octanol–water partition coefficient (Wildman–Crippen LogP) is 1.72. The highest BCUT2D eigenvalue weighted by Gasteiger charge is 2.36. The van der Waals surface area contributed by atoms with Crippen LogP contribution in [0.5, 0.6) is 0 Å². The highest BCUT2D eigenvalue weighted by Crippen LogP contribution is 2.24. The van der Waals surface area contributed by atoms with Crippen LogP contribution < -0.4 is 5.32 Å². The van der Waals surface area contributed by atoms with Crippen molar-refractivity contribution in [3.63, 3.8) is 0 Å². The molecule has 0 aromatic heterocycles. The Labute approximate surface area is 123 Å². The molecule has 0 bridgehead atoms. The number of Topliss-reactive ketones (excluding diaryl/α,β-unsaturated/α-hetero) is 1. The molecule has 0 unspecified atom stereocenters. The lowest BCUT2D eigenvalue weighted by molar-refractivity contribution is -0.150. The van der Waals surface area contributed by atoms with Crippen molar-refractivity contribution in [3.05, 3.63) is 35.9 Å². The van der Waals surface area contributed by atoms with Gasteiger partial charge in [-0.3, -0.25) is 14.4 Å². The fraction of sp³-hybridized carbons (Fsp3) is 0.438. The third-order valence-electron chi connectivity index (χ3n) is 3.61. The second-order valence-corrected chi connectivity index (χ2v) is 5.09. The number of hydrogen-bond acceptors (Lipinski definition) is 4. The van der Waals surface area contributed by atoms with E-state index in [9.17, 15) is 14.4 Å². The van der Waals surface area contributed by atoms with Crippen molar-refractivity contribution in [2.24, 2.45) is 5.92 Å². The maximum Gasteiger partial charge on any atom is 0.311 e. The van der Waals surface area contributed by atoms with Gasteiger partial charge in [0.2, 0.25) is 0 Å². The molecule has 1 saturated carbocycles. The standard InChI is InChI=1S/C16H19NO4/c1-2-21-16(20)13-9-8-12(18)10-14(13)17-15(19)11-6-4-3-5-7-11/h3-7,13-14H,2,8-10H2,1H3,(H,17,19)/t13-,14-/m0/s1. The van der Waals surface area contributed by atoms with E-state index in [1.54, 1.807) is 31.2 Å². The van der Waals surface area contributed by atoms with E-state index in [-0.39, 0.29) is 24.1 Å². The number of esters is 1. The third kappa shape index (κ3) is 3.90. The number of benzene rings is 1. The number of nitrogens with one attached hydrogen (secondary N) is 1. The van der Waals surface area contributed by atoms with E-state index in [0.29, 0.717) is 25.0 Å². The first-order valence-corrected chi connectivity index (χ1v) is 7.16. The van der Waals surface area contributed by atoms with Gasteiger partial charge in [-0.15, -0.1) is 0 Å². The van der Waals surface area contributed by atoms with E-state index in [1.807, 2.05) is 6.07 Å². The quantitative estimate of drug-likeness (QED) is 0.857. The largest absolute Gasteiger partial charge is 0.466 e. The monoisotopic (exact) mass is 289 g/mol. The van der Waals surface area contributed by atoms with Crippen molar-refractivity contribution >= 4 is 17.7 Å². The summed E-state index contributed by atoms with van der Waals surface area (Å²) in [7, 11) is 0. The Balaban J connectivity index is 2.08. The molecule has 2 rings (SSSR count). The fourth-order valence-corrected chi connectivity index (χ4v) is 2.53. The van der Waals surface area contributed by atoms with Gasteiger partial charge in [0.05, 0.1) is 12.5 Å². The van der Waals surface area contributed by atoms with Gasteiger partial charge in [0.1, 0.15) is 5.78 Å². The van der Waals surface area contributed by atoms with Crippen molar-refractivity contribution < 1.29 is 19.1 Å². The predicted molar refractivity (Wildman–Crippen MR) is 76.7 cm³/mol. The van der Waals surface area contributed by atoms with Crippen molar-refractivity contribution in [3.8, 4) is 0 Å². The van der Waals surface area contributed by atoms with E-state index in [2.05, 4.69) is 5.32 Å². The molecule has 0 heterocycles. The summed E-state index contributed by atoms with van der Waals surface area (Å²) in [6.45, 7) is 2.03. The Bertz CT molecular complexity index is 526. The molecule has 0 aliphatic heterocycles. The second-order valence-electron chi connectivity index (χ2n) is 5.09. The Morgan fingerprint density at radius 3 is 2.67 bits per heavy atom. The van der Waals surface area contributed by atoms with Crippen LogP contribution in [-0.2, 0) is 14.3 Å². The SMILES string of the molecule is CCOC(=O)[C@H]1CCC(=O)C[C@@H]1NC(=O)c1ccccc1. The molecule has 1 aliphatic carbocycles. The molecule has 1 fully saturated rings. The normalized spacial score (nSPS) is 21.7. The highest BCUT2D eigenvalue weighted by atomic mass is 16.5. The summed E-state index contributed by atoms with van der Waals surface area (Å²) in [5.41, 5.74) is 0.512. The summed E-state index contributed by atoms with van der Waals surface area (Å²) in [6.07, 6.45) is 0.973. The molecular formula is C16H19NO4. The highest BCUT2D eigenvalue weighted by molar-refractivity contribution is 5.95. The van der Waals surface area contributed by atoms with Crippen LogP contribution in [0.4, 0.5) is 0 Å². The van der Waals surface area contributed by atoms with Crippen LogP contribution in [0, 0.1) is 5.92 Å². The van der Waals surface area contributed by atoms with Crippen LogP contribution in [0.25, 0.3) is 0 Å². The summed E-state index contributed by atoms with van der Waals surface area (Å²) in [5.74, 6) is -1.00. The number of carbonyl (C=O) groups is 3. The van der Waals surface area contributed by atoms with E-state index in [1.165, 1.54) is 0 Å². The lowest BCUT2D eigenvalue weighted by atomic mass is 9.83. The van der Waals surface area contributed by atoms with E-state index >= 15 is 0 Å². The molecule has 1 aromatic carbocycles. The number of ether oxygens (including phenoxy) is 1. The van der Waals surface area contributed by atoms with Crippen molar-refractivity contribution in [1.82, 2.24) is 5.32 Å². The summed E-state index contributed by atoms with van der Waals surface area (Å²) in [5, 5.41) is 2.79. The van der Waals surface area contributed by atoms with Gasteiger partial charge in [0, 0.05) is 24.4 Å². The van der Waals surface area contributed by atoms with Crippen molar-refractivity contribution in [2.45, 2.75) is 32.2 Å². The lowest BCUT2D eigenvalue weighted by Crippen LogP contribution is -2.47. The minimum atomic E-state index is -0.488. The molecule has 2 atom stereocenters. The Hall–Kier alpha value is -2.17. The van der Waals surface area contributed by atoms with Gasteiger partial charge in [-0.05, 0) is 25.5 Å². The third-order valence-corrected chi connectivity index (χ3v) is 3.61. The average Bonchev–Trinajstić information content (AvgIpc) is 2.48. The molecular weight excluding hydrogens is 270 g/mol. The van der Waals surface area contributed by atoms with Gasteiger partial charge >= 0.3 is 5.97 Å². The maximum absolute atomic E-state index is 12.2. The van der Waals surface area contributed by atoms with Crippen molar-refractivity contribution in [1.29, 1.82) is 0 Å². The van der Waals surface area contributed by atoms with Crippen LogP contribution in [0.15, 0.2) is 30.3 Å². The molecule has 0 radical (unpaired) electrons.